The van der Waals surface area contributed by atoms with Gasteiger partial charge in [-0.15, -0.1) is 17.0 Å². The van der Waals surface area contributed by atoms with Crippen molar-refractivity contribution in [3.8, 4) is 11.5 Å². The number of halogens is 1. The minimum atomic E-state index is -0.00667. The average molecular weight is 206 g/mol. The smallest absolute Gasteiger partial charge is 0.138 e. The highest BCUT2D eigenvalue weighted by atomic mass is 79.9. The van der Waals surface area contributed by atoms with Gasteiger partial charge >= 0.3 is 0 Å². The van der Waals surface area contributed by atoms with Gasteiger partial charge in [-0.3, -0.25) is 0 Å². The number of nitrogens with two attached hydrogens (primary N) is 1. The zero-order valence-corrected chi connectivity index (χ0v) is 6.83. The molecule has 0 heterocycles. The normalized spacial score (nSPS) is 8.40. The Labute approximate surface area is 68.9 Å². The molecule has 1 rings (SSSR count). The summed E-state index contributed by atoms with van der Waals surface area (Å²) in [4.78, 5) is 0. The Kier molecular flexibility index (Phi) is 3.02. The third kappa shape index (κ3) is 1.80. The number of nitrogen functional groups attached to an aromatic ring is 1. The summed E-state index contributed by atoms with van der Waals surface area (Å²) < 4.78 is 0. The topological polar surface area (TPSA) is 66.5 Å². The summed E-state index contributed by atoms with van der Waals surface area (Å²) in [6, 6.07) is 3.99. The third-order valence-electron chi connectivity index (χ3n) is 1.01. The van der Waals surface area contributed by atoms with E-state index in [0.29, 0.717) is 0 Å². The molecule has 0 bridgehead atoms. The van der Waals surface area contributed by atoms with Crippen molar-refractivity contribution in [3.63, 3.8) is 0 Å². The predicted molar refractivity (Wildman–Crippen MR) is 44.5 cm³/mol. The first kappa shape index (κ1) is 9.10. The fraction of sp³-hybridized carbons (Fsp3) is 0. The first-order valence-electron chi connectivity index (χ1n) is 2.47. The van der Waals surface area contributed by atoms with Crippen molar-refractivity contribution in [1.29, 1.82) is 0 Å². The van der Waals surface area contributed by atoms with Crippen LogP contribution in [0.5, 0.6) is 11.5 Å². The second kappa shape index (κ2) is 3.31. The van der Waals surface area contributed by atoms with Crippen LogP contribution in [0.3, 0.4) is 0 Å². The van der Waals surface area contributed by atoms with Crippen LogP contribution < -0.4 is 5.73 Å². The lowest BCUT2D eigenvalue weighted by molar-refractivity contribution is 0.462. The summed E-state index contributed by atoms with van der Waals surface area (Å²) >= 11 is 0. The van der Waals surface area contributed by atoms with E-state index >= 15 is 0 Å². The van der Waals surface area contributed by atoms with Gasteiger partial charge in [-0.2, -0.15) is 0 Å². The molecular formula is C6H8BrNO2. The van der Waals surface area contributed by atoms with Gasteiger partial charge in [0.25, 0.3) is 0 Å². The average Bonchev–Trinajstić information content (AvgIpc) is 1.80. The number of phenols is 2. The highest BCUT2D eigenvalue weighted by molar-refractivity contribution is 8.93. The van der Waals surface area contributed by atoms with E-state index < -0.39 is 0 Å². The zero-order chi connectivity index (χ0) is 6.85. The molecule has 1 aromatic rings. The molecule has 0 amide bonds. The van der Waals surface area contributed by atoms with Crippen molar-refractivity contribution in [2.45, 2.75) is 0 Å². The molecule has 0 radical (unpaired) electrons. The van der Waals surface area contributed by atoms with E-state index in [4.69, 9.17) is 15.9 Å². The van der Waals surface area contributed by atoms with Gasteiger partial charge in [-0.25, -0.2) is 0 Å². The highest BCUT2D eigenvalue weighted by Gasteiger charge is 1.94. The van der Waals surface area contributed by atoms with Crippen LogP contribution in [0, 0.1) is 0 Å². The van der Waals surface area contributed by atoms with E-state index in [1.54, 1.807) is 0 Å². The van der Waals surface area contributed by atoms with Crippen LogP contribution in [0.1, 0.15) is 0 Å². The molecule has 0 aromatic heterocycles. The maximum atomic E-state index is 8.81. The molecule has 0 unspecified atom stereocenters. The van der Waals surface area contributed by atoms with E-state index in [1.165, 1.54) is 18.2 Å². The number of aromatic hydroxyl groups is 2. The Balaban J connectivity index is 0.000000810. The first-order valence-corrected chi connectivity index (χ1v) is 2.47. The minimum Gasteiger partial charge on any atom is -0.508 e. The van der Waals surface area contributed by atoms with Crippen LogP contribution >= 0.6 is 17.0 Å². The van der Waals surface area contributed by atoms with Gasteiger partial charge in [0.05, 0.1) is 5.69 Å². The number of hydrogen-bond donors (Lipinski definition) is 3. The molecule has 0 spiro atoms. The molecule has 0 fully saturated rings. The summed E-state index contributed by atoms with van der Waals surface area (Å²) in [5.41, 5.74) is 5.40. The van der Waals surface area contributed by atoms with Crippen molar-refractivity contribution in [1.82, 2.24) is 0 Å². The lowest BCUT2D eigenvalue weighted by Crippen LogP contribution is -1.83. The van der Waals surface area contributed by atoms with Crippen molar-refractivity contribution in [3.05, 3.63) is 18.2 Å². The summed E-state index contributed by atoms with van der Waals surface area (Å²) in [5.74, 6) is 0.0538. The zero-order valence-electron chi connectivity index (χ0n) is 5.11. The molecule has 10 heavy (non-hydrogen) atoms. The lowest BCUT2D eigenvalue weighted by Gasteiger charge is -1.96. The molecular weight excluding hydrogens is 198 g/mol. The quantitative estimate of drug-likeness (QED) is 0.340. The maximum Gasteiger partial charge on any atom is 0.138 e. The Morgan fingerprint density at radius 3 is 2.20 bits per heavy atom. The SMILES string of the molecule is Br.Nc1cc(O)ccc1O. The number of anilines is 1. The van der Waals surface area contributed by atoms with E-state index in [9.17, 15) is 0 Å². The van der Waals surface area contributed by atoms with Crippen LogP contribution in [0.15, 0.2) is 18.2 Å². The predicted octanol–water partition coefficient (Wildman–Crippen LogP) is 1.26. The van der Waals surface area contributed by atoms with E-state index in [0.717, 1.165) is 0 Å². The van der Waals surface area contributed by atoms with Gasteiger partial charge in [0.1, 0.15) is 11.5 Å². The standard InChI is InChI=1S/C6H7NO2.BrH/c7-5-3-4(8)1-2-6(5)9;/h1-3,8-9H,7H2;1H. The summed E-state index contributed by atoms with van der Waals surface area (Å²) in [7, 11) is 0. The fourth-order valence-electron chi connectivity index (χ4n) is 0.542. The van der Waals surface area contributed by atoms with Gasteiger partial charge in [0, 0.05) is 6.07 Å². The molecule has 0 saturated heterocycles. The van der Waals surface area contributed by atoms with E-state index in [-0.39, 0.29) is 34.2 Å². The van der Waals surface area contributed by atoms with Crippen LogP contribution in [0.25, 0.3) is 0 Å². The Morgan fingerprint density at radius 2 is 1.80 bits per heavy atom. The van der Waals surface area contributed by atoms with Crippen LogP contribution in [0.2, 0.25) is 0 Å². The van der Waals surface area contributed by atoms with Crippen LogP contribution in [0.4, 0.5) is 5.69 Å². The second-order valence-corrected chi connectivity index (χ2v) is 1.74. The molecule has 4 N–H and O–H groups in total. The third-order valence-corrected chi connectivity index (χ3v) is 1.01. The van der Waals surface area contributed by atoms with Gasteiger partial charge < -0.3 is 15.9 Å². The summed E-state index contributed by atoms with van der Waals surface area (Å²) in [5, 5.41) is 17.6. The summed E-state index contributed by atoms with van der Waals surface area (Å²) in [6.07, 6.45) is 0. The van der Waals surface area contributed by atoms with Gasteiger partial charge in [-0.1, -0.05) is 0 Å². The minimum absolute atomic E-state index is 0. The van der Waals surface area contributed by atoms with Crippen molar-refractivity contribution < 1.29 is 10.2 Å². The molecule has 4 heteroatoms. The molecule has 0 atom stereocenters. The molecule has 1 aromatic carbocycles. The second-order valence-electron chi connectivity index (χ2n) is 1.74. The van der Waals surface area contributed by atoms with Crippen LogP contribution in [-0.2, 0) is 0 Å². The molecule has 0 aliphatic heterocycles. The number of phenolic OH excluding ortho intramolecular Hbond substituents is 2. The fourth-order valence-corrected chi connectivity index (χ4v) is 0.542. The molecule has 0 saturated carbocycles. The molecule has 56 valence electrons. The van der Waals surface area contributed by atoms with Gasteiger partial charge in [-0.05, 0) is 12.1 Å². The van der Waals surface area contributed by atoms with Crippen molar-refractivity contribution >= 4 is 22.7 Å². The number of rotatable bonds is 0. The lowest BCUT2D eigenvalue weighted by atomic mass is 10.3. The number of hydrogen-bond acceptors (Lipinski definition) is 3. The Hall–Kier alpha value is -0.900. The molecule has 0 aliphatic carbocycles. The Bertz CT molecular complexity index is 227. The van der Waals surface area contributed by atoms with Crippen molar-refractivity contribution in [2.75, 3.05) is 5.73 Å². The van der Waals surface area contributed by atoms with E-state index in [2.05, 4.69) is 0 Å². The van der Waals surface area contributed by atoms with E-state index in [1.807, 2.05) is 0 Å². The molecule has 3 nitrogen and oxygen atoms in total. The maximum absolute atomic E-state index is 8.81. The molecule has 0 aliphatic rings. The monoisotopic (exact) mass is 205 g/mol. The van der Waals surface area contributed by atoms with Gasteiger partial charge in [0.15, 0.2) is 0 Å². The highest BCUT2D eigenvalue weighted by Crippen LogP contribution is 2.23. The van der Waals surface area contributed by atoms with Gasteiger partial charge in [0.2, 0.25) is 0 Å². The van der Waals surface area contributed by atoms with Crippen molar-refractivity contribution in [2.24, 2.45) is 0 Å². The summed E-state index contributed by atoms with van der Waals surface area (Å²) in [6.45, 7) is 0. The first-order chi connectivity index (χ1) is 4.20. The Morgan fingerprint density at radius 1 is 1.20 bits per heavy atom. The van der Waals surface area contributed by atoms with Crippen LogP contribution in [-0.4, -0.2) is 10.2 Å². The largest absolute Gasteiger partial charge is 0.508 e. The number of benzene rings is 1.